The maximum Gasteiger partial charge on any atom is 0.141 e. The summed E-state index contributed by atoms with van der Waals surface area (Å²) in [6.45, 7) is -0.0831. The zero-order valence-electron chi connectivity index (χ0n) is 13.9. The minimum Gasteiger partial charge on any atom is -0.392 e. The number of aromatic amines is 1. The molecule has 7 heteroatoms. The Kier molecular flexibility index (Phi) is 4.20. The molecule has 1 aliphatic carbocycles. The van der Waals surface area contributed by atoms with Gasteiger partial charge in [0.2, 0.25) is 0 Å². The number of rotatable bonds is 5. The standard InChI is InChI=1S/C18H20N6O/c19-6-5-15(12-3-1-2-4-12)24-8-14(23-11-24)17-16-13(9-25)7-20-18(16)22-10-21-17/h7-8,10-12,15,25H,1-5,9H2,(H,20,21,22). The van der Waals surface area contributed by atoms with Gasteiger partial charge in [-0.1, -0.05) is 12.8 Å². The topological polar surface area (TPSA) is 103 Å². The van der Waals surface area contributed by atoms with Gasteiger partial charge in [-0.15, -0.1) is 0 Å². The van der Waals surface area contributed by atoms with E-state index in [1.54, 1.807) is 12.5 Å². The number of imidazole rings is 1. The van der Waals surface area contributed by atoms with E-state index in [4.69, 9.17) is 0 Å². The van der Waals surface area contributed by atoms with Gasteiger partial charge in [0, 0.05) is 18.0 Å². The summed E-state index contributed by atoms with van der Waals surface area (Å²) < 4.78 is 2.06. The van der Waals surface area contributed by atoms with E-state index in [1.165, 1.54) is 32.0 Å². The SMILES string of the molecule is N#CCC(C1CCCC1)n1cnc(-c2ncnc3[nH]cc(CO)c23)c1. The fourth-order valence-corrected chi connectivity index (χ4v) is 3.94. The molecule has 0 bridgehead atoms. The van der Waals surface area contributed by atoms with Gasteiger partial charge in [0.1, 0.15) is 23.4 Å². The summed E-state index contributed by atoms with van der Waals surface area (Å²) in [6.07, 6.45) is 12.3. The van der Waals surface area contributed by atoms with Crippen LogP contribution in [-0.2, 0) is 6.61 Å². The average molecular weight is 336 g/mol. The number of nitrogens with zero attached hydrogens (tertiary/aromatic N) is 5. The predicted molar refractivity (Wildman–Crippen MR) is 92.3 cm³/mol. The number of nitriles is 1. The summed E-state index contributed by atoms with van der Waals surface area (Å²) in [5, 5.41) is 19.6. The number of fused-ring (bicyclic) bond motifs is 1. The predicted octanol–water partition coefficient (Wildman–Crippen LogP) is 2.96. The van der Waals surface area contributed by atoms with E-state index < -0.39 is 0 Å². The Balaban J connectivity index is 1.74. The lowest BCUT2D eigenvalue weighted by molar-refractivity contribution is 0.283. The highest BCUT2D eigenvalue weighted by Crippen LogP contribution is 2.37. The van der Waals surface area contributed by atoms with E-state index in [2.05, 4.69) is 30.6 Å². The van der Waals surface area contributed by atoms with E-state index >= 15 is 0 Å². The monoisotopic (exact) mass is 336 g/mol. The van der Waals surface area contributed by atoms with E-state index in [9.17, 15) is 10.4 Å². The Hall–Kier alpha value is -2.72. The van der Waals surface area contributed by atoms with Gasteiger partial charge < -0.3 is 14.7 Å². The van der Waals surface area contributed by atoms with E-state index in [0.717, 1.165) is 16.6 Å². The molecule has 1 fully saturated rings. The summed E-state index contributed by atoms with van der Waals surface area (Å²) in [6, 6.07) is 2.49. The van der Waals surface area contributed by atoms with Gasteiger partial charge in [-0.25, -0.2) is 15.0 Å². The van der Waals surface area contributed by atoms with Crippen LogP contribution in [0.1, 0.15) is 43.7 Å². The summed E-state index contributed by atoms with van der Waals surface area (Å²) in [7, 11) is 0. The number of hydrogen-bond donors (Lipinski definition) is 2. The number of aromatic nitrogens is 5. The molecule has 3 aromatic heterocycles. The molecule has 1 unspecified atom stereocenters. The molecule has 0 aliphatic heterocycles. The smallest absolute Gasteiger partial charge is 0.141 e. The van der Waals surface area contributed by atoms with E-state index in [-0.39, 0.29) is 12.6 Å². The normalized spacial score (nSPS) is 16.3. The van der Waals surface area contributed by atoms with Crippen molar-refractivity contribution in [1.29, 1.82) is 5.26 Å². The van der Waals surface area contributed by atoms with Gasteiger partial charge in [-0.3, -0.25) is 0 Å². The van der Waals surface area contributed by atoms with Gasteiger partial charge in [0.05, 0.1) is 36.9 Å². The van der Waals surface area contributed by atoms with Crippen molar-refractivity contribution in [1.82, 2.24) is 24.5 Å². The lowest BCUT2D eigenvalue weighted by atomic mass is 9.95. The number of aliphatic hydroxyl groups is 1. The number of nitrogens with one attached hydrogen (secondary N) is 1. The van der Waals surface area contributed by atoms with Gasteiger partial charge in [-0.2, -0.15) is 5.26 Å². The average Bonchev–Trinajstić information content (AvgIpc) is 3.39. The zero-order chi connectivity index (χ0) is 17.2. The summed E-state index contributed by atoms with van der Waals surface area (Å²) >= 11 is 0. The molecule has 3 aromatic rings. The van der Waals surface area contributed by atoms with Crippen LogP contribution in [0.3, 0.4) is 0 Å². The fraction of sp³-hybridized carbons (Fsp3) is 0.444. The number of hydrogen-bond acceptors (Lipinski definition) is 5. The van der Waals surface area contributed by atoms with Crippen LogP contribution in [0.25, 0.3) is 22.4 Å². The second-order valence-electron chi connectivity index (χ2n) is 6.60. The molecule has 0 spiro atoms. The van der Waals surface area contributed by atoms with Crippen LogP contribution >= 0.6 is 0 Å². The molecule has 128 valence electrons. The second-order valence-corrected chi connectivity index (χ2v) is 6.60. The maximum absolute atomic E-state index is 9.57. The highest BCUT2D eigenvalue weighted by molar-refractivity contribution is 5.92. The molecule has 2 N–H and O–H groups in total. The Morgan fingerprint density at radius 2 is 2.16 bits per heavy atom. The maximum atomic E-state index is 9.57. The van der Waals surface area contributed by atoms with Crippen molar-refractivity contribution in [3.05, 3.63) is 30.6 Å². The quantitative estimate of drug-likeness (QED) is 0.745. The Morgan fingerprint density at radius 3 is 2.92 bits per heavy atom. The molecule has 3 heterocycles. The summed E-state index contributed by atoms with van der Waals surface area (Å²) in [5.41, 5.74) is 2.89. The fourth-order valence-electron chi connectivity index (χ4n) is 3.94. The second kappa shape index (κ2) is 6.65. The van der Waals surface area contributed by atoms with Crippen molar-refractivity contribution in [2.75, 3.05) is 0 Å². The first-order valence-corrected chi connectivity index (χ1v) is 8.64. The minimum absolute atomic E-state index is 0.0831. The molecule has 1 saturated carbocycles. The lowest BCUT2D eigenvalue weighted by Crippen LogP contribution is -2.15. The molecule has 4 rings (SSSR count). The highest BCUT2D eigenvalue weighted by atomic mass is 16.3. The van der Waals surface area contributed by atoms with Crippen LogP contribution < -0.4 is 0 Å². The van der Waals surface area contributed by atoms with Crippen molar-refractivity contribution >= 4 is 11.0 Å². The van der Waals surface area contributed by atoms with Crippen LogP contribution in [0, 0.1) is 17.2 Å². The molecule has 1 atom stereocenters. The molecular weight excluding hydrogens is 316 g/mol. The molecule has 0 saturated heterocycles. The lowest BCUT2D eigenvalue weighted by Gasteiger charge is -2.22. The van der Waals surface area contributed by atoms with Crippen LogP contribution in [0.2, 0.25) is 0 Å². The van der Waals surface area contributed by atoms with Crippen molar-refractivity contribution in [2.45, 2.75) is 44.8 Å². The minimum atomic E-state index is -0.0831. The molecular formula is C18H20N6O. The van der Waals surface area contributed by atoms with Crippen LogP contribution in [0.15, 0.2) is 25.0 Å². The molecule has 7 nitrogen and oxygen atoms in total. The van der Waals surface area contributed by atoms with Gasteiger partial charge >= 0.3 is 0 Å². The van der Waals surface area contributed by atoms with Crippen LogP contribution in [0.4, 0.5) is 0 Å². The third kappa shape index (κ3) is 2.79. The van der Waals surface area contributed by atoms with E-state index in [1.807, 2.05) is 6.20 Å². The van der Waals surface area contributed by atoms with E-state index in [0.29, 0.717) is 23.7 Å². The van der Waals surface area contributed by atoms with Crippen molar-refractivity contribution in [3.63, 3.8) is 0 Å². The first-order valence-electron chi connectivity index (χ1n) is 8.64. The first kappa shape index (κ1) is 15.8. The third-order valence-corrected chi connectivity index (χ3v) is 5.19. The third-order valence-electron chi connectivity index (χ3n) is 5.19. The Morgan fingerprint density at radius 1 is 1.32 bits per heavy atom. The Bertz CT molecular complexity index is 915. The number of H-pyrrole nitrogens is 1. The van der Waals surface area contributed by atoms with Crippen molar-refractivity contribution in [2.24, 2.45) is 5.92 Å². The van der Waals surface area contributed by atoms with Gasteiger partial charge in [-0.05, 0) is 18.8 Å². The highest BCUT2D eigenvalue weighted by Gasteiger charge is 2.27. The van der Waals surface area contributed by atoms with Crippen molar-refractivity contribution < 1.29 is 5.11 Å². The van der Waals surface area contributed by atoms with Crippen LogP contribution in [0.5, 0.6) is 0 Å². The molecule has 0 amide bonds. The largest absolute Gasteiger partial charge is 0.392 e. The number of aliphatic hydroxyl groups excluding tert-OH is 1. The van der Waals surface area contributed by atoms with Gasteiger partial charge in [0.15, 0.2) is 0 Å². The summed E-state index contributed by atoms with van der Waals surface area (Å²) in [4.78, 5) is 16.2. The Labute approximate surface area is 145 Å². The van der Waals surface area contributed by atoms with Crippen LogP contribution in [-0.4, -0.2) is 29.6 Å². The summed E-state index contributed by atoms with van der Waals surface area (Å²) in [5.74, 6) is 0.535. The molecule has 0 radical (unpaired) electrons. The molecule has 1 aliphatic rings. The van der Waals surface area contributed by atoms with Crippen molar-refractivity contribution in [3.8, 4) is 17.5 Å². The molecule has 0 aromatic carbocycles. The first-order chi connectivity index (χ1) is 12.3. The van der Waals surface area contributed by atoms with Gasteiger partial charge in [0.25, 0.3) is 0 Å². The zero-order valence-corrected chi connectivity index (χ0v) is 13.9. The molecule has 25 heavy (non-hydrogen) atoms.